The number of nitrogens with zero attached hydrogens (tertiary/aromatic N) is 2. The Bertz CT molecular complexity index is 295. The first-order valence-electron chi connectivity index (χ1n) is 3.95. The Labute approximate surface area is 76.5 Å². The average molecular weight is 183 g/mol. The van der Waals surface area contributed by atoms with Crippen LogP contribution >= 0.6 is 0 Å². The van der Waals surface area contributed by atoms with Crippen LogP contribution in [0.25, 0.3) is 0 Å². The summed E-state index contributed by atoms with van der Waals surface area (Å²) in [6, 6.07) is 1.40. The van der Waals surface area contributed by atoms with E-state index in [2.05, 4.69) is 9.84 Å². The summed E-state index contributed by atoms with van der Waals surface area (Å²) in [4.78, 5) is 10.9. The van der Waals surface area contributed by atoms with Crippen LogP contribution in [0.15, 0.2) is 12.3 Å². The highest BCUT2D eigenvalue weighted by atomic mass is 16.5. The second kappa shape index (κ2) is 4.04. The predicted octanol–water partition coefficient (Wildman–Crippen LogP) is -0.0170. The van der Waals surface area contributed by atoms with Crippen LogP contribution in [-0.4, -0.2) is 22.9 Å². The van der Waals surface area contributed by atoms with Crippen LogP contribution in [0.2, 0.25) is 0 Å². The third kappa shape index (κ3) is 2.55. The number of esters is 1. The molecule has 0 saturated carbocycles. The van der Waals surface area contributed by atoms with Gasteiger partial charge in [-0.2, -0.15) is 5.10 Å². The lowest BCUT2D eigenvalue weighted by Crippen LogP contribution is -2.17. The third-order valence-corrected chi connectivity index (χ3v) is 1.73. The summed E-state index contributed by atoms with van der Waals surface area (Å²) in [5.41, 5.74) is 6.41. The fraction of sp³-hybridized carbons (Fsp3) is 0.500. The minimum Gasteiger partial charge on any atom is -0.469 e. The van der Waals surface area contributed by atoms with Crippen LogP contribution in [0, 0.1) is 0 Å². The van der Waals surface area contributed by atoms with Gasteiger partial charge in [0.1, 0.15) is 0 Å². The Morgan fingerprint density at radius 1 is 1.85 bits per heavy atom. The zero-order valence-electron chi connectivity index (χ0n) is 7.73. The summed E-state index contributed by atoms with van der Waals surface area (Å²) in [5.74, 6) is -0.321. The quantitative estimate of drug-likeness (QED) is 0.669. The van der Waals surface area contributed by atoms with E-state index in [1.54, 1.807) is 24.0 Å². The normalized spacial score (nSPS) is 12.5. The van der Waals surface area contributed by atoms with Gasteiger partial charge in [0.15, 0.2) is 0 Å². The summed E-state index contributed by atoms with van der Waals surface area (Å²) < 4.78 is 6.14. The van der Waals surface area contributed by atoms with Crippen molar-refractivity contribution in [3.8, 4) is 0 Å². The summed E-state index contributed by atoms with van der Waals surface area (Å²) in [6.07, 6.45) is 1.94. The van der Waals surface area contributed by atoms with Gasteiger partial charge < -0.3 is 10.5 Å². The van der Waals surface area contributed by atoms with E-state index >= 15 is 0 Å². The highest BCUT2D eigenvalue weighted by molar-refractivity contribution is 5.70. The predicted molar refractivity (Wildman–Crippen MR) is 46.8 cm³/mol. The fourth-order valence-electron chi connectivity index (χ4n) is 0.998. The molecule has 5 nitrogen and oxygen atoms in total. The van der Waals surface area contributed by atoms with Crippen molar-refractivity contribution in [3.05, 3.63) is 18.0 Å². The second-order valence-electron chi connectivity index (χ2n) is 2.80. The van der Waals surface area contributed by atoms with Gasteiger partial charge in [-0.25, -0.2) is 0 Å². The molecular formula is C8H13N3O2. The Hall–Kier alpha value is -1.36. The monoisotopic (exact) mass is 183 g/mol. The lowest BCUT2D eigenvalue weighted by molar-refractivity contribution is -0.141. The number of carbonyl (C=O) groups excluding carboxylic acids is 1. The molecule has 0 bridgehead atoms. The molecule has 1 rings (SSSR count). The molecule has 1 aromatic heterocycles. The van der Waals surface area contributed by atoms with Gasteiger partial charge in [0.2, 0.25) is 0 Å². The fourth-order valence-corrected chi connectivity index (χ4v) is 0.998. The number of rotatable bonds is 3. The molecule has 72 valence electrons. The van der Waals surface area contributed by atoms with E-state index in [-0.39, 0.29) is 18.4 Å². The molecule has 1 heterocycles. The minimum atomic E-state index is -0.381. The van der Waals surface area contributed by atoms with Crippen LogP contribution in [0.1, 0.15) is 18.2 Å². The Kier molecular flexibility index (Phi) is 3.02. The second-order valence-corrected chi connectivity index (χ2v) is 2.80. The number of aryl methyl sites for hydroxylation is 1. The van der Waals surface area contributed by atoms with Gasteiger partial charge in [-0.05, 0) is 6.07 Å². The third-order valence-electron chi connectivity index (χ3n) is 1.73. The maximum atomic E-state index is 10.9. The highest BCUT2D eigenvalue weighted by Crippen LogP contribution is 2.10. The van der Waals surface area contributed by atoms with E-state index in [1.807, 2.05) is 0 Å². The molecule has 5 heteroatoms. The number of ether oxygens (including phenoxy) is 1. The zero-order valence-corrected chi connectivity index (χ0v) is 7.73. The van der Waals surface area contributed by atoms with Crippen molar-refractivity contribution < 1.29 is 9.53 Å². The number of hydrogen-bond acceptors (Lipinski definition) is 4. The van der Waals surface area contributed by atoms with Gasteiger partial charge in [-0.15, -0.1) is 0 Å². The van der Waals surface area contributed by atoms with Crippen LogP contribution in [0.3, 0.4) is 0 Å². The molecular weight excluding hydrogens is 170 g/mol. The molecule has 0 radical (unpaired) electrons. The van der Waals surface area contributed by atoms with E-state index in [1.165, 1.54) is 7.11 Å². The number of aromatic nitrogens is 2. The van der Waals surface area contributed by atoms with Gasteiger partial charge in [0.05, 0.1) is 25.3 Å². The number of methoxy groups -OCH3 is 1. The molecule has 1 aromatic rings. The smallest absolute Gasteiger partial charge is 0.307 e. The van der Waals surface area contributed by atoms with Crippen LogP contribution < -0.4 is 5.73 Å². The van der Waals surface area contributed by atoms with Crippen LogP contribution in [-0.2, 0) is 16.6 Å². The molecule has 1 unspecified atom stereocenters. The SMILES string of the molecule is COC(=O)CC(N)c1ccn(C)n1. The number of carbonyl (C=O) groups is 1. The first-order valence-corrected chi connectivity index (χ1v) is 3.95. The van der Waals surface area contributed by atoms with E-state index in [4.69, 9.17) is 5.73 Å². The van der Waals surface area contributed by atoms with Crippen LogP contribution in [0.5, 0.6) is 0 Å². The summed E-state index contributed by atoms with van der Waals surface area (Å²) >= 11 is 0. The molecule has 0 spiro atoms. The standard InChI is InChI=1S/C8H13N3O2/c1-11-4-3-7(10-11)6(9)5-8(12)13-2/h3-4,6H,5,9H2,1-2H3. The van der Waals surface area contributed by atoms with Crippen molar-refractivity contribution in [2.24, 2.45) is 12.8 Å². The van der Waals surface area contributed by atoms with Crippen molar-refractivity contribution in [1.82, 2.24) is 9.78 Å². The van der Waals surface area contributed by atoms with Crippen molar-refractivity contribution in [3.63, 3.8) is 0 Å². The van der Waals surface area contributed by atoms with Crippen molar-refractivity contribution in [2.45, 2.75) is 12.5 Å². The Balaban J connectivity index is 2.58. The first kappa shape index (κ1) is 9.73. The summed E-state index contributed by atoms with van der Waals surface area (Å²) in [5, 5.41) is 4.08. The molecule has 0 saturated heterocycles. The van der Waals surface area contributed by atoms with Crippen molar-refractivity contribution in [1.29, 1.82) is 0 Å². The van der Waals surface area contributed by atoms with E-state index < -0.39 is 0 Å². The highest BCUT2D eigenvalue weighted by Gasteiger charge is 2.13. The molecule has 0 aliphatic heterocycles. The molecule has 0 aromatic carbocycles. The average Bonchev–Trinajstić information content (AvgIpc) is 2.51. The van der Waals surface area contributed by atoms with Gasteiger partial charge >= 0.3 is 5.97 Å². The van der Waals surface area contributed by atoms with E-state index in [0.717, 1.165) is 0 Å². The summed E-state index contributed by atoms with van der Waals surface area (Å²) in [7, 11) is 3.14. The lowest BCUT2D eigenvalue weighted by atomic mass is 10.1. The Morgan fingerprint density at radius 2 is 2.54 bits per heavy atom. The molecule has 13 heavy (non-hydrogen) atoms. The van der Waals surface area contributed by atoms with Gasteiger partial charge in [-0.1, -0.05) is 0 Å². The summed E-state index contributed by atoms with van der Waals surface area (Å²) in [6.45, 7) is 0. The van der Waals surface area contributed by atoms with E-state index in [0.29, 0.717) is 5.69 Å². The number of hydrogen-bond donors (Lipinski definition) is 1. The molecule has 0 aliphatic carbocycles. The van der Waals surface area contributed by atoms with E-state index in [9.17, 15) is 4.79 Å². The number of nitrogens with two attached hydrogens (primary N) is 1. The molecule has 0 amide bonds. The largest absolute Gasteiger partial charge is 0.469 e. The molecule has 2 N–H and O–H groups in total. The van der Waals surface area contributed by atoms with Crippen molar-refractivity contribution in [2.75, 3.05) is 7.11 Å². The maximum Gasteiger partial charge on any atom is 0.307 e. The minimum absolute atomic E-state index is 0.160. The molecule has 0 aliphatic rings. The molecule has 1 atom stereocenters. The van der Waals surface area contributed by atoms with Gasteiger partial charge in [0, 0.05) is 13.2 Å². The zero-order chi connectivity index (χ0) is 9.84. The maximum absolute atomic E-state index is 10.9. The van der Waals surface area contributed by atoms with Crippen molar-refractivity contribution >= 4 is 5.97 Å². The van der Waals surface area contributed by atoms with Gasteiger partial charge in [-0.3, -0.25) is 9.48 Å². The Morgan fingerprint density at radius 3 is 3.00 bits per heavy atom. The van der Waals surface area contributed by atoms with Crippen LogP contribution in [0.4, 0.5) is 0 Å². The topological polar surface area (TPSA) is 70.1 Å². The molecule has 0 fully saturated rings. The lowest BCUT2D eigenvalue weighted by Gasteiger charge is -2.05. The van der Waals surface area contributed by atoms with Gasteiger partial charge in [0.25, 0.3) is 0 Å². The first-order chi connectivity index (χ1) is 6.13.